The zero-order chi connectivity index (χ0) is 33.9. The first-order chi connectivity index (χ1) is 20.9. The van der Waals surface area contributed by atoms with Crippen LogP contribution in [0.3, 0.4) is 0 Å². The molecular weight excluding hydrogens is 588 g/mol. The van der Waals surface area contributed by atoms with Gasteiger partial charge in [-0.3, -0.25) is 14.4 Å². The first-order valence-corrected chi connectivity index (χ1v) is 15.4. The number of carbonyl (C=O) groups excluding carboxylic acids is 4. The van der Waals surface area contributed by atoms with Crippen molar-refractivity contribution in [1.29, 1.82) is 0 Å². The lowest BCUT2D eigenvalue weighted by molar-refractivity contribution is -0.144. The van der Waals surface area contributed by atoms with E-state index in [2.05, 4.69) is 21.3 Å². The average Bonchev–Trinajstić information content (AvgIpc) is 3.25. The Bertz CT molecular complexity index is 1250. The molecule has 3 rings (SSSR count). The molecule has 1 saturated heterocycles. The molecule has 2 unspecified atom stereocenters. The molecule has 2 aliphatic rings. The van der Waals surface area contributed by atoms with E-state index in [0.29, 0.717) is 6.42 Å². The maximum atomic E-state index is 14.0. The van der Waals surface area contributed by atoms with Crippen LogP contribution in [0.25, 0.3) is 0 Å². The number of hydrogen-bond donors (Lipinski definition) is 5. The second-order valence-corrected chi connectivity index (χ2v) is 14.1. The van der Waals surface area contributed by atoms with Gasteiger partial charge < -0.3 is 31.3 Å². The zero-order valence-electron chi connectivity index (χ0n) is 27.0. The second kappa shape index (κ2) is 14.1. The molecule has 0 aromatic heterocycles. The molecule has 5 amide bonds. The van der Waals surface area contributed by atoms with Crippen molar-refractivity contribution in [1.82, 2.24) is 26.2 Å². The molecule has 11 nitrogen and oxygen atoms in total. The molecule has 0 radical (unpaired) electrons. The topological polar surface area (TPSA) is 157 Å². The van der Waals surface area contributed by atoms with Crippen molar-refractivity contribution in [3.8, 4) is 0 Å². The van der Waals surface area contributed by atoms with Crippen LogP contribution in [0.5, 0.6) is 0 Å². The summed E-state index contributed by atoms with van der Waals surface area (Å²) in [4.78, 5) is 66.6. The fraction of sp³-hybridized carbons (Fsp3) is 0.656. The van der Waals surface area contributed by atoms with Crippen LogP contribution >= 0.6 is 0 Å². The molecule has 0 spiro atoms. The van der Waals surface area contributed by atoms with Gasteiger partial charge in [0, 0.05) is 19.5 Å². The SMILES string of the molecule is CC(C)[C@H](NC(=O)N[C@H](C(=O)N1CC2C([C@H]1C(=O)N[C@@H](CC(F)F)C(=O)NCCc1ccccc1)C2(C)C)C(C)(C)C)C(=O)O. The number of nitrogens with zero attached hydrogens (tertiary/aromatic N) is 1. The minimum atomic E-state index is -2.87. The summed E-state index contributed by atoms with van der Waals surface area (Å²) in [6, 6.07) is 3.56. The lowest BCUT2D eigenvalue weighted by Crippen LogP contribution is -2.62. The Morgan fingerprint density at radius 1 is 1.02 bits per heavy atom. The van der Waals surface area contributed by atoms with E-state index in [1.807, 2.05) is 44.2 Å². The Balaban J connectivity index is 1.78. The first-order valence-electron chi connectivity index (χ1n) is 15.4. The average molecular weight is 636 g/mol. The van der Waals surface area contributed by atoms with E-state index in [9.17, 15) is 37.9 Å². The van der Waals surface area contributed by atoms with Gasteiger partial charge in [-0.25, -0.2) is 18.4 Å². The van der Waals surface area contributed by atoms with Gasteiger partial charge in [-0.1, -0.05) is 78.8 Å². The van der Waals surface area contributed by atoms with Crippen LogP contribution < -0.4 is 21.3 Å². The first kappa shape index (κ1) is 35.7. The van der Waals surface area contributed by atoms with Crippen molar-refractivity contribution >= 4 is 29.7 Å². The van der Waals surface area contributed by atoms with E-state index in [0.717, 1.165) is 5.56 Å². The maximum Gasteiger partial charge on any atom is 0.326 e. The van der Waals surface area contributed by atoms with Gasteiger partial charge in [-0.15, -0.1) is 0 Å². The van der Waals surface area contributed by atoms with Gasteiger partial charge in [0.1, 0.15) is 24.2 Å². The predicted molar refractivity (Wildman–Crippen MR) is 163 cm³/mol. The summed E-state index contributed by atoms with van der Waals surface area (Å²) in [5.41, 5.74) is -0.193. The molecule has 2 fully saturated rings. The standard InChI is InChI=1S/C32H47F2N5O6/c1-17(2)23(29(43)44)37-30(45)38-25(31(3,4)5)28(42)39-16-19-22(32(19,6)7)24(39)27(41)36-20(15-21(33)34)26(40)35-14-13-18-11-9-8-10-12-18/h8-12,17,19-25H,13-16H2,1-7H3,(H,35,40)(H,36,41)(H,43,44)(H2,37,38,45)/t19?,20-,22?,23-,24-,25+/m0/s1. The van der Waals surface area contributed by atoms with Crippen LogP contribution in [0.1, 0.15) is 60.5 Å². The van der Waals surface area contributed by atoms with Crippen molar-refractivity contribution in [3.05, 3.63) is 35.9 Å². The highest BCUT2D eigenvalue weighted by atomic mass is 19.3. The summed E-state index contributed by atoms with van der Waals surface area (Å²) in [5.74, 6) is -3.98. The van der Waals surface area contributed by atoms with Crippen LogP contribution in [0.15, 0.2) is 30.3 Å². The Morgan fingerprint density at radius 3 is 2.18 bits per heavy atom. The summed E-state index contributed by atoms with van der Waals surface area (Å²) in [6.45, 7) is 12.8. The third-order valence-corrected chi connectivity index (χ3v) is 8.97. The van der Waals surface area contributed by atoms with E-state index in [4.69, 9.17) is 0 Å². The molecular formula is C32H47F2N5O6. The fourth-order valence-corrected chi connectivity index (χ4v) is 6.22. The van der Waals surface area contributed by atoms with Crippen molar-refractivity contribution in [2.45, 2.75) is 91.9 Å². The molecule has 13 heteroatoms. The summed E-state index contributed by atoms with van der Waals surface area (Å²) in [6.07, 6.45) is -3.28. The number of nitrogens with one attached hydrogen (secondary N) is 4. The lowest BCUT2D eigenvalue weighted by atomic mass is 9.85. The molecule has 1 heterocycles. The zero-order valence-corrected chi connectivity index (χ0v) is 27.0. The Kier molecular flexibility index (Phi) is 11.2. The van der Waals surface area contributed by atoms with Crippen molar-refractivity contribution in [2.24, 2.45) is 28.6 Å². The molecule has 1 aliphatic heterocycles. The smallest absolute Gasteiger partial charge is 0.326 e. The molecule has 1 aliphatic carbocycles. The minimum Gasteiger partial charge on any atom is -0.480 e. The number of piperidine rings is 1. The van der Waals surface area contributed by atoms with Gasteiger partial charge in [-0.2, -0.15) is 0 Å². The second-order valence-electron chi connectivity index (χ2n) is 14.1. The molecule has 1 aromatic rings. The number of aliphatic carboxylic acids is 1. The number of alkyl halides is 2. The van der Waals surface area contributed by atoms with E-state index in [1.54, 1.807) is 34.6 Å². The molecule has 1 aromatic carbocycles. The van der Waals surface area contributed by atoms with Gasteiger partial charge in [0.05, 0.1) is 0 Å². The lowest BCUT2D eigenvalue weighted by Gasteiger charge is -2.38. The number of amides is 5. The van der Waals surface area contributed by atoms with E-state index >= 15 is 0 Å². The summed E-state index contributed by atoms with van der Waals surface area (Å²) >= 11 is 0. The van der Waals surface area contributed by atoms with Crippen molar-refractivity contribution in [3.63, 3.8) is 0 Å². The summed E-state index contributed by atoms with van der Waals surface area (Å²) in [7, 11) is 0. The molecule has 1 saturated carbocycles. The summed E-state index contributed by atoms with van der Waals surface area (Å²) < 4.78 is 27.1. The molecule has 5 N–H and O–H groups in total. The highest BCUT2D eigenvalue weighted by Gasteiger charge is 2.70. The number of hydrogen-bond acceptors (Lipinski definition) is 5. The predicted octanol–water partition coefficient (Wildman–Crippen LogP) is 2.79. The third kappa shape index (κ3) is 8.70. The van der Waals surface area contributed by atoms with Crippen molar-refractivity contribution in [2.75, 3.05) is 13.1 Å². The fourth-order valence-electron chi connectivity index (χ4n) is 6.22. The van der Waals surface area contributed by atoms with Crippen LogP contribution in [0, 0.1) is 28.6 Å². The van der Waals surface area contributed by atoms with Crippen LogP contribution in [0.4, 0.5) is 13.6 Å². The number of likely N-dealkylation sites (tertiary alicyclic amines) is 1. The van der Waals surface area contributed by atoms with Crippen LogP contribution in [-0.2, 0) is 25.6 Å². The third-order valence-electron chi connectivity index (χ3n) is 8.97. The van der Waals surface area contributed by atoms with Crippen molar-refractivity contribution < 1.29 is 37.9 Å². The highest BCUT2D eigenvalue weighted by Crippen LogP contribution is 2.65. The monoisotopic (exact) mass is 635 g/mol. The van der Waals surface area contributed by atoms with Gasteiger partial charge in [0.15, 0.2) is 0 Å². The quantitative estimate of drug-likeness (QED) is 0.224. The normalized spacial score (nSPS) is 22.2. The number of rotatable bonds is 13. The Morgan fingerprint density at radius 2 is 1.64 bits per heavy atom. The van der Waals surface area contributed by atoms with Crippen LogP contribution in [0.2, 0.25) is 0 Å². The van der Waals surface area contributed by atoms with E-state index in [1.165, 1.54) is 4.90 Å². The van der Waals surface area contributed by atoms with Gasteiger partial charge in [0.2, 0.25) is 24.1 Å². The number of carbonyl (C=O) groups is 5. The number of benzene rings is 1. The number of halogens is 2. The number of urea groups is 1. The van der Waals surface area contributed by atoms with Gasteiger partial charge >= 0.3 is 12.0 Å². The van der Waals surface area contributed by atoms with Crippen LogP contribution in [-0.4, -0.2) is 83.4 Å². The maximum absolute atomic E-state index is 14.0. The van der Waals surface area contributed by atoms with Gasteiger partial charge in [0.25, 0.3) is 0 Å². The van der Waals surface area contributed by atoms with E-state index < -0.39 is 78.1 Å². The molecule has 6 atom stereocenters. The number of fused-ring (bicyclic) bond motifs is 1. The Labute approximate surface area is 263 Å². The molecule has 250 valence electrons. The number of carboxylic acid groups (broad SMARTS) is 1. The molecule has 45 heavy (non-hydrogen) atoms. The van der Waals surface area contributed by atoms with E-state index in [-0.39, 0.29) is 30.3 Å². The Hall–Kier alpha value is -3.77. The number of carboxylic acids is 1. The minimum absolute atomic E-state index is 0.0442. The molecule has 0 bridgehead atoms. The highest BCUT2D eigenvalue weighted by molar-refractivity contribution is 5.96. The largest absolute Gasteiger partial charge is 0.480 e. The van der Waals surface area contributed by atoms with Gasteiger partial charge in [-0.05, 0) is 40.6 Å². The summed E-state index contributed by atoms with van der Waals surface area (Å²) in [5, 5.41) is 19.6.